The normalized spacial score (nSPS) is 9.82. The summed E-state index contributed by atoms with van der Waals surface area (Å²) in [5, 5.41) is 11.1. The Hall–Kier alpha value is -1.40. The number of benzene rings is 1. The van der Waals surface area contributed by atoms with Gasteiger partial charge in [0.25, 0.3) is 0 Å². The van der Waals surface area contributed by atoms with E-state index in [4.69, 9.17) is 5.11 Å². The van der Waals surface area contributed by atoms with Crippen LogP contribution in [0.25, 0.3) is 0 Å². The van der Waals surface area contributed by atoms with E-state index in [2.05, 4.69) is 21.2 Å². The summed E-state index contributed by atoms with van der Waals surface area (Å²) in [4.78, 5) is 24.2. The highest BCUT2D eigenvalue weighted by Crippen LogP contribution is 2.15. The van der Waals surface area contributed by atoms with Crippen molar-refractivity contribution in [3.63, 3.8) is 0 Å². The maximum atomic E-state index is 11.5. The minimum Gasteiger partial charge on any atom is -0.395 e. The predicted molar refractivity (Wildman–Crippen MR) is 67.5 cm³/mol. The van der Waals surface area contributed by atoms with Crippen LogP contribution in [-0.4, -0.2) is 42.0 Å². The van der Waals surface area contributed by atoms with E-state index in [0.717, 1.165) is 9.37 Å². The molecule has 0 heterocycles. The first-order valence-corrected chi connectivity index (χ1v) is 5.76. The first-order chi connectivity index (χ1) is 8.04. The van der Waals surface area contributed by atoms with Crippen molar-refractivity contribution in [2.45, 2.75) is 0 Å². The van der Waals surface area contributed by atoms with Crippen molar-refractivity contribution in [3.8, 4) is 0 Å². The molecule has 1 rings (SSSR count). The highest BCUT2D eigenvalue weighted by molar-refractivity contribution is 9.10. The van der Waals surface area contributed by atoms with Gasteiger partial charge in [-0.2, -0.15) is 0 Å². The molecule has 2 amide bonds. The third-order valence-corrected chi connectivity index (χ3v) is 2.55. The summed E-state index contributed by atoms with van der Waals surface area (Å²) in [5.74, 6) is -1.40. The first-order valence-electron chi connectivity index (χ1n) is 4.97. The van der Waals surface area contributed by atoms with Crippen molar-refractivity contribution < 1.29 is 14.7 Å². The molecule has 0 aliphatic heterocycles. The van der Waals surface area contributed by atoms with Crippen molar-refractivity contribution in [1.82, 2.24) is 4.90 Å². The zero-order valence-corrected chi connectivity index (χ0v) is 10.9. The van der Waals surface area contributed by atoms with E-state index in [9.17, 15) is 9.59 Å². The van der Waals surface area contributed by atoms with Gasteiger partial charge in [-0.15, -0.1) is 0 Å². The molecule has 92 valence electrons. The quantitative estimate of drug-likeness (QED) is 0.813. The maximum absolute atomic E-state index is 11.5. The topological polar surface area (TPSA) is 69.6 Å². The highest BCUT2D eigenvalue weighted by atomic mass is 79.9. The van der Waals surface area contributed by atoms with Gasteiger partial charge in [0.15, 0.2) is 0 Å². The number of halogens is 1. The van der Waals surface area contributed by atoms with Gasteiger partial charge in [0, 0.05) is 23.8 Å². The van der Waals surface area contributed by atoms with E-state index in [0.29, 0.717) is 5.69 Å². The average Bonchev–Trinajstić information content (AvgIpc) is 2.28. The van der Waals surface area contributed by atoms with Gasteiger partial charge in [-0.25, -0.2) is 0 Å². The van der Waals surface area contributed by atoms with Gasteiger partial charge < -0.3 is 15.3 Å². The highest BCUT2D eigenvalue weighted by Gasteiger charge is 2.18. The van der Waals surface area contributed by atoms with Crippen molar-refractivity contribution in [1.29, 1.82) is 0 Å². The van der Waals surface area contributed by atoms with Gasteiger partial charge in [-0.3, -0.25) is 9.59 Å². The second-order valence-electron chi connectivity index (χ2n) is 3.41. The summed E-state index contributed by atoms with van der Waals surface area (Å²) < 4.78 is 0.812. The van der Waals surface area contributed by atoms with Crippen LogP contribution >= 0.6 is 15.9 Å². The fourth-order valence-corrected chi connectivity index (χ4v) is 1.57. The molecule has 0 aromatic heterocycles. The number of amides is 2. The molecule has 0 fully saturated rings. The Kier molecular flexibility index (Phi) is 5.11. The molecule has 0 unspecified atom stereocenters. The fraction of sp³-hybridized carbons (Fsp3) is 0.273. The molecule has 1 aromatic carbocycles. The maximum Gasteiger partial charge on any atom is 0.313 e. The molecule has 17 heavy (non-hydrogen) atoms. The third-order valence-electron chi connectivity index (χ3n) is 2.06. The van der Waals surface area contributed by atoms with E-state index in [1.165, 1.54) is 7.05 Å². The molecule has 6 heteroatoms. The Balaban J connectivity index is 2.63. The number of rotatable bonds is 3. The number of aliphatic hydroxyl groups excluding tert-OH is 1. The van der Waals surface area contributed by atoms with Crippen molar-refractivity contribution >= 4 is 33.4 Å². The number of likely N-dealkylation sites (N-methyl/N-ethyl adjacent to an activating group) is 1. The molecule has 0 atom stereocenters. The van der Waals surface area contributed by atoms with Crippen molar-refractivity contribution in [3.05, 3.63) is 28.7 Å². The molecule has 5 nitrogen and oxygen atoms in total. The van der Waals surface area contributed by atoms with Crippen LogP contribution in [0.3, 0.4) is 0 Å². The van der Waals surface area contributed by atoms with Crippen LogP contribution in [0, 0.1) is 0 Å². The van der Waals surface area contributed by atoms with Crippen LogP contribution in [0.2, 0.25) is 0 Å². The summed E-state index contributed by atoms with van der Waals surface area (Å²) >= 11 is 3.26. The summed E-state index contributed by atoms with van der Waals surface area (Å²) in [6.45, 7) is -0.0445. The van der Waals surface area contributed by atoms with Gasteiger partial charge in [0.05, 0.1) is 6.61 Å². The van der Waals surface area contributed by atoms with E-state index in [-0.39, 0.29) is 13.2 Å². The Morgan fingerprint density at radius 2 is 2.18 bits per heavy atom. The van der Waals surface area contributed by atoms with Crippen molar-refractivity contribution in [2.75, 3.05) is 25.5 Å². The number of anilines is 1. The van der Waals surface area contributed by atoms with Gasteiger partial charge in [0.2, 0.25) is 0 Å². The second kappa shape index (κ2) is 6.36. The van der Waals surface area contributed by atoms with Crippen LogP contribution in [0.15, 0.2) is 28.7 Å². The van der Waals surface area contributed by atoms with Crippen LogP contribution in [-0.2, 0) is 9.59 Å². The summed E-state index contributed by atoms with van der Waals surface area (Å²) in [5.41, 5.74) is 0.537. The van der Waals surface area contributed by atoms with E-state index in [1.54, 1.807) is 18.2 Å². The average molecular weight is 301 g/mol. The van der Waals surface area contributed by atoms with E-state index in [1.807, 2.05) is 6.07 Å². The lowest BCUT2D eigenvalue weighted by Crippen LogP contribution is -2.38. The molecule has 0 radical (unpaired) electrons. The van der Waals surface area contributed by atoms with Crippen LogP contribution < -0.4 is 5.32 Å². The smallest absolute Gasteiger partial charge is 0.313 e. The van der Waals surface area contributed by atoms with Gasteiger partial charge in [0.1, 0.15) is 0 Å². The van der Waals surface area contributed by atoms with Crippen LogP contribution in [0.1, 0.15) is 0 Å². The minimum atomic E-state index is -0.723. The van der Waals surface area contributed by atoms with Gasteiger partial charge in [-0.05, 0) is 18.2 Å². The molecular formula is C11H13BrN2O3. The molecule has 0 aliphatic carbocycles. The predicted octanol–water partition coefficient (Wildman–Crippen LogP) is 0.838. The number of carbonyl (C=O) groups is 2. The molecule has 0 saturated heterocycles. The number of aliphatic hydroxyl groups is 1. The molecule has 0 saturated carbocycles. The van der Waals surface area contributed by atoms with E-state index >= 15 is 0 Å². The molecule has 0 spiro atoms. The Labute approximate surface area is 108 Å². The molecular weight excluding hydrogens is 288 g/mol. The Bertz CT molecular complexity index is 423. The molecule has 0 bridgehead atoms. The second-order valence-corrected chi connectivity index (χ2v) is 4.33. The van der Waals surface area contributed by atoms with E-state index < -0.39 is 11.8 Å². The van der Waals surface area contributed by atoms with Crippen molar-refractivity contribution in [2.24, 2.45) is 0 Å². The van der Waals surface area contributed by atoms with Crippen LogP contribution in [0.4, 0.5) is 5.69 Å². The zero-order valence-electron chi connectivity index (χ0n) is 9.31. The van der Waals surface area contributed by atoms with Crippen LogP contribution in [0.5, 0.6) is 0 Å². The zero-order chi connectivity index (χ0) is 12.8. The third kappa shape index (κ3) is 4.16. The summed E-state index contributed by atoms with van der Waals surface area (Å²) in [6, 6.07) is 6.94. The monoisotopic (exact) mass is 300 g/mol. The molecule has 1 aromatic rings. The Morgan fingerprint density at radius 1 is 1.47 bits per heavy atom. The Morgan fingerprint density at radius 3 is 2.76 bits per heavy atom. The number of hydrogen-bond donors (Lipinski definition) is 2. The first kappa shape index (κ1) is 13.7. The lowest BCUT2D eigenvalue weighted by atomic mass is 10.3. The largest absolute Gasteiger partial charge is 0.395 e. The SMILES string of the molecule is CN(CCO)C(=O)C(=O)Nc1cccc(Br)c1. The minimum absolute atomic E-state index is 0.130. The standard InChI is InChI=1S/C11H13BrN2O3/c1-14(5-6-15)11(17)10(16)13-9-4-2-3-8(12)7-9/h2-4,7,15H,5-6H2,1H3,(H,13,16). The summed E-state index contributed by atoms with van der Waals surface area (Å²) in [7, 11) is 1.46. The molecule has 2 N–H and O–H groups in total. The lowest BCUT2D eigenvalue weighted by Gasteiger charge is -2.14. The fourth-order valence-electron chi connectivity index (χ4n) is 1.18. The van der Waals surface area contributed by atoms with Gasteiger partial charge in [-0.1, -0.05) is 22.0 Å². The number of carbonyl (C=O) groups excluding carboxylic acids is 2. The summed E-state index contributed by atoms with van der Waals surface area (Å²) in [6.07, 6.45) is 0. The number of nitrogens with zero attached hydrogens (tertiary/aromatic N) is 1. The molecule has 0 aliphatic rings. The lowest BCUT2D eigenvalue weighted by molar-refractivity contribution is -0.142. The number of nitrogens with one attached hydrogen (secondary N) is 1. The van der Waals surface area contributed by atoms with Gasteiger partial charge >= 0.3 is 11.8 Å². The number of hydrogen-bond acceptors (Lipinski definition) is 3.